The Hall–Kier alpha value is -2.95. The van der Waals surface area contributed by atoms with Crippen molar-refractivity contribution >= 4 is 59.6 Å². The van der Waals surface area contributed by atoms with Gasteiger partial charge in [-0.25, -0.2) is 17.5 Å². The first-order valence-corrected chi connectivity index (χ1v) is 16.3. The molecule has 0 atom stereocenters. The van der Waals surface area contributed by atoms with Crippen molar-refractivity contribution in [1.82, 2.24) is 0 Å². The largest absolute Gasteiger partial charge is 1.00 e. The van der Waals surface area contributed by atoms with E-state index < -0.39 is 59.0 Å². The Morgan fingerprint density at radius 1 is 0.953 bits per heavy atom. The van der Waals surface area contributed by atoms with E-state index in [9.17, 15) is 34.9 Å². The van der Waals surface area contributed by atoms with Crippen LogP contribution in [-0.2, 0) is 60.8 Å². The molecule has 0 saturated carbocycles. The standard InChI is InChI=1S/C22H21N4O12S4.Cu/c1-36-38-39-17-13-19(21(27)20(14-17)41(30,31)32)24-26-22(15-6-3-2-4-7-15)25-23-16-8-5-9-18(12-16)40(28,29)11-10-37-42(33,34)35;/h2-9,12-14H,10-11H2,1H3,(H3-,23,24,25,26,27,30,31,32,33,34,35);/q-1;+1. The third kappa shape index (κ3) is 11.2. The molecular weight excluding hydrogens is 704 g/mol. The molecular formula is C22H21CuN4O12S4. The summed E-state index contributed by atoms with van der Waals surface area (Å²) in [6, 6.07) is 15.4. The van der Waals surface area contributed by atoms with Crippen molar-refractivity contribution in [1.29, 1.82) is 0 Å². The van der Waals surface area contributed by atoms with Gasteiger partial charge in [0.15, 0.2) is 15.7 Å². The second kappa shape index (κ2) is 15.7. The van der Waals surface area contributed by atoms with Crippen molar-refractivity contribution in [3.63, 3.8) is 0 Å². The Balaban J connectivity index is 0.00000645. The molecule has 0 bridgehead atoms. The van der Waals surface area contributed by atoms with Gasteiger partial charge < -0.3 is 15.6 Å². The van der Waals surface area contributed by atoms with Gasteiger partial charge in [-0.1, -0.05) is 48.2 Å². The van der Waals surface area contributed by atoms with Crippen molar-refractivity contribution in [3.05, 3.63) is 77.7 Å². The number of benzene rings is 3. The summed E-state index contributed by atoms with van der Waals surface area (Å²) in [4.78, 5) is 3.42. The van der Waals surface area contributed by atoms with Crippen LogP contribution in [0.2, 0.25) is 0 Å². The molecule has 0 radical (unpaired) electrons. The van der Waals surface area contributed by atoms with Gasteiger partial charge in [0.2, 0.25) is 0 Å². The first-order chi connectivity index (χ1) is 19.7. The van der Waals surface area contributed by atoms with Gasteiger partial charge in [0, 0.05) is 10.5 Å². The monoisotopic (exact) mass is 724 g/mol. The number of hydrogen-bond donors (Lipinski definition) is 3. The van der Waals surface area contributed by atoms with Crippen LogP contribution in [0.25, 0.3) is 5.43 Å². The molecule has 0 saturated heterocycles. The minimum atomic E-state index is -4.88. The summed E-state index contributed by atoms with van der Waals surface area (Å²) in [6.45, 7) is -0.817. The molecule has 236 valence electrons. The molecule has 0 amide bonds. The minimum Gasteiger partial charge on any atom is -0.571 e. The number of aromatic hydroxyl groups is 1. The van der Waals surface area contributed by atoms with Gasteiger partial charge in [-0.15, -0.1) is 10.2 Å². The van der Waals surface area contributed by atoms with E-state index in [0.717, 1.165) is 12.1 Å². The number of amidine groups is 1. The van der Waals surface area contributed by atoms with E-state index in [2.05, 4.69) is 29.8 Å². The predicted octanol–water partition coefficient (Wildman–Crippen LogP) is 3.97. The maximum Gasteiger partial charge on any atom is 1.00 e. The quantitative estimate of drug-likeness (QED) is 0.0331. The molecule has 0 aliphatic heterocycles. The molecule has 3 aromatic carbocycles. The molecule has 21 heteroatoms. The van der Waals surface area contributed by atoms with E-state index in [1.807, 2.05) is 0 Å². The Morgan fingerprint density at radius 2 is 1.65 bits per heavy atom. The van der Waals surface area contributed by atoms with Crippen LogP contribution in [0.4, 0.5) is 11.4 Å². The SMILES string of the molecule is COOSc1cc([N-]/N=C(\N=Nc2cccc(S(=O)(=O)CCOS(=O)(=O)O)c2)c2ccccc2)c(O)c(S(=O)(=O)O)c1.[Cu+]. The van der Waals surface area contributed by atoms with E-state index in [-0.39, 0.29) is 38.4 Å². The molecule has 0 heterocycles. The normalized spacial score (nSPS) is 12.7. The topological polar surface area (TPSA) is 242 Å². The van der Waals surface area contributed by atoms with Crippen LogP contribution in [0, 0.1) is 0 Å². The fourth-order valence-corrected chi connectivity index (χ4v) is 5.69. The van der Waals surface area contributed by atoms with Crippen molar-refractivity contribution in [2.24, 2.45) is 15.3 Å². The van der Waals surface area contributed by atoms with E-state index in [1.54, 1.807) is 30.3 Å². The first kappa shape index (κ1) is 36.2. The molecule has 0 aromatic heterocycles. The van der Waals surface area contributed by atoms with E-state index in [1.165, 1.54) is 31.4 Å². The number of phenolic OH excluding ortho intramolecular Hbond substituents is 1. The summed E-state index contributed by atoms with van der Waals surface area (Å²) < 4.78 is 96.9. The molecule has 0 unspecified atom stereocenters. The zero-order chi connectivity index (χ0) is 31.0. The van der Waals surface area contributed by atoms with Crippen molar-refractivity contribution < 1.29 is 69.9 Å². The number of nitrogens with zero attached hydrogens (tertiary/aromatic N) is 4. The van der Waals surface area contributed by atoms with Gasteiger partial charge in [0.25, 0.3) is 10.1 Å². The summed E-state index contributed by atoms with van der Waals surface area (Å²) in [7, 11) is -12.5. The van der Waals surface area contributed by atoms with Crippen molar-refractivity contribution in [2.45, 2.75) is 14.7 Å². The molecule has 0 spiro atoms. The minimum absolute atomic E-state index is 0. The molecule has 0 fully saturated rings. The van der Waals surface area contributed by atoms with Crippen LogP contribution in [0.3, 0.4) is 0 Å². The van der Waals surface area contributed by atoms with Crippen LogP contribution in [-0.4, -0.2) is 64.8 Å². The van der Waals surface area contributed by atoms with Gasteiger partial charge in [-0.2, -0.15) is 21.2 Å². The number of hydrogen-bond acceptors (Lipinski definition) is 13. The average molecular weight is 725 g/mol. The molecule has 43 heavy (non-hydrogen) atoms. The number of phenols is 1. The van der Waals surface area contributed by atoms with Crippen LogP contribution < -0.4 is 0 Å². The summed E-state index contributed by atoms with van der Waals surface area (Å²) >= 11 is 0.563. The second-order valence-corrected chi connectivity index (χ2v) is 13.1. The Morgan fingerprint density at radius 3 is 2.28 bits per heavy atom. The van der Waals surface area contributed by atoms with E-state index >= 15 is 0 Å². The van der Waals surface area contributed by atoms with Crippen LogP contribution >= 0.6 is 12.0 Å². The zero-order valence-electron chi connectivity index (χ0n) is 21.5. The summed E-state index contributed by atoms with van der Waals surface area (Å²) in [5.74, 6) is -1.82. The smallest absolute Gasteiger partial charge is 0.571 e. The Labute approximate surface area is 261 Å². The van der Waals surface area contributed by atoms with Gasteiger partial charge in [-0.05, 0) is 24.3 Å². The third-order valence-corrected chi connectivity index (χ3v) is 8.45. The first-order valence-electron chi connectivity index (χ1n) is 11.1. The fraction of sp³-hybridized carbons (Fsp3) is 0.136. The van der Waals surface area contributed by atoms with Crippen molar-refractivity contribution in [2.75, 3.05) is 19.5 Å². The fourth-order valence-electron chi connectivity index (χ4n) is 3.00. The molecule has 3 N–H and O–H groups in total. The average Bonchev–Trinajstić information content (AvgIpc) is 2.92. The predicted molar refractivity (Wildman–Crippen MR) is 148 cm³/mol. The van der Waals surface area contributed by atoms with Crippen LogP contribution in [0.5, 0.6) is 5.75 Å². The molecule has 3 aromatic rings. The van der Waals surface area contributed by atoms with Crippen molar-refractivity contribution in [3.8, 4) is 5.75 Å². The molecule has 16 nitrogen and oxygen atoms in total. The number of sulfone groups is 1. The summed E-state index contributed by atoms with van der Waals surface area (Å²) in [5, 5.41) is 22.4. The van der Waals surface area contributed by atoms with E-state index in [0.29, 0.717) is 17.6 Å². The molecule has 3 rings (SSSR count). The van der Waals surface area contributed by atoms with Gasteiger partial charge >= 0.3 is 27.5 Å². The van der Waals surface area contributed by atoms with Crippen LogP contribution in [0.15, 0.2) is 96.7 Å². The molecule has 0 aliphatic carbocycles. The van der Waals surface area contributed by atoms with Gasteiger partial charge in [-0.3, -0.25) is 9.11 Å². The van der Waals surface area contributed by atoms with Gasteiger partial charge in [0.1, 0.15) is 10.6 Å². The maximum absolute atomic E-state index is 12.5. The molecule has 0 aliphatic rings. The van der Waals surface area contributed by atoms with Gasteiger partial charge in [0.05, 0.1) is 42.1 Å². The Kier molecular flexibility index (Phi) is 13.2. The maximum atomic E-state index is 12.5. The summed E-state index contributed by atoms with van der Waals surface area (Å²) in [6.07, 6.45) is 0. The number of rotatable bonds is 13. The van der Waals surface area contributed by atoms with E-state index in [4.69, 9.17) is 8.89 Å². The summed E-state index contributed by atoms with van der Waals surface area (Å²) in [5.41, 5.74) is 3.89. The Bertz CT molecular complexity index is 1800. The zero-order valence-corrected chi connectivity index (χ0v) is 25.7. The number of azo groups is 1. The third-order valence-electron chi connectivity index (χ3n) is 4.81. The second-order valence-electron chi connectivity index (χ2n) is 7.74. The van der Waals surface area contributed by atoms with Crippen LogP contribution in [0.1, 0.15) is 5.56 Å².